The number of carbonyl (C=O) groups excluding carboxylic acids is 1. The van der Waals surface area contributed by atoms with Gasteiger partial charge in [-0.2, -0.15) is 0 Å². The SMILES string of the molecule is O=C(Nc1cccc2c1OCO2)c1cccc2c1OCO2. The first-order chi connectivity index (χ1) is 10.3. The summed E-state index contributed by atoms with van der Waals surface area (Å²) in [7, 11) is 0. The quantitative estimate of drug-likeness (QED) is 0.917. The van der Waals surface area contributed by atoms with Crippen molar-refractivity contribution in [2.24, 2.45) is 0 Å². The van der Waals surface area contributed by atoms with E-state index in [1.54, 1.807) is 36.4 Å². The third kappa shape index (κ3) is 1.92. The summed E-state index contributed by atoms with van der Waals surface area (Å²) in [5.74, 6) is 1.89. The van der Waals surface area contributed by atoms with Gasteiger partial charge in [-0.05, 0) is 24.3 Å². The molecular formula is C15H11NO5. The molecule has 0 aromatic heterocycles. The molecule has 1 amide bonds. The van der Waals surface area contributed by atoms with Crippen LogP contribution in [0.2, 0.25) is 0 Å². The molecule has 4 rings (SSSR count). The lowest BCUT2D eigenvalue weighted by Gasteiger charge is -2.09. The fraction of sp³-hybridized carbons (Fsp3) is 0.133. The van der Waals surface area contributed by atoms with Gasteiger partial charge in [-0.15, -0.1) is 0 Å². The molecule has 0 atom stereocenters. The summed E-state index contributed by atoms with van der Waals surface area (Å²) in [6.45, 7) is 0.275. The Bertz CT molecular complexity index is 728. The van der Waals surface area contributed by atoms with Crippen molar-refractivity contribution in [1.29, 1.82) is 0 Å². The summed E-state index contributed by atoms with van der Waals surface area (Å²) in [6, 6.07) is 10.5. The van der Waals surface area contributed by atoms with Gasteiger partial charge in [0, 0.05) is 0 Å². The number of amides is 1. The van der Waals surface area contributed by atoms with E-state index >= 15 is 0 Å². The van der Waals surface area contributed by atoms with Crippen LogP contribution in [0.4, 0.5) is 5.69 Å². The van der Waals surface area contributed by atoms with Gasteiger partial charge in [0.1, 0.15) is 0 Å². The summed E-state index contributed by atoms with van der Waals surface area (Å²) in [6.07, 6.45) is 0. The van der Waals surface area contributed by atoms with Gasteiger partial charge in [-0.3, -0.25) is 4.79 Å². The number of para-hydroxylation sites is 2. The van der Waals surface area contributed by atoms with Crippen molar-refractivity contribution in [3.05, 3.63) is 42.0 Å². The van der Waals surface area contributed by atoms with Crippen molar-refractivity contribution in [2.75, 3.05) is 18.9 Å². The summed E-state index contributed by atoms with van der Waals surface area (Å²) in [4.78, 5) is 12.4. The summed E-state index contributed by atoms with van der Waals surface area (Å²) in [5, 5.41) is 2.81. The molecule has 0 aliphatic carbocycles. The highest BCUT2D eigenvalue weighted by Crippen LogP contribution is 2.40. The van der Waals surface area contributed by atoms with Crippen molar-refractivity contribution < 1.29 is 23.7 Å². The van der Waals surface area contributed by atoms with Gasteiger partial charge >= 0.3 is 0 Å². The molecule has 2 heterocycles. The third-order valence-corrected chi connectivity index (χ3v) is 3.29. The number of anilines is 1. The van der Waals surface area contributed by atoms with Crippen LogP contribution >= 0.6 is 0 Å². The van der Waals surface area contributed by atoms with Crippen LogP contribution in [0.25, 0.3) is 0 Å². The number of hydrogen-bond donors (Lipinski definition) is 1. The van der Waals surface area contributed by atoms with Gasteiger partial charge < -0.3 is 24.3 Å². The van der Waals surface area contributed by atoms with E-state index in [1.165, 1.54) is 0 Å². The molecule has 2 aromatic rings. The van der Waals surface area contributed by atoms with E-state index in [2.05, 4.69) is 5.32 Å². The molecule has 0 radical (unpaired) electrons. The molecule has 0 spiro atoms. The monoisotopic (exact) mass is 285 g/mol. The number of rotatable bonds is 2. The van der Waals surface area contributed by atoms with Crippen molar-refractivity contribution in [1.82, 2.24) is 0 Å². The van der Waals surface area contributed by atoms with Gasteiger partial charge in [0.05, 0.1) is 11.3 Å². The molecule has 0 fully saturated rings. The molecule has 0 saturated heterocycles. The minimum absolute atomic E-state index is 0.122. The van der Waals surface area contributed by atoms with Crippen LogP contribution in [-0.2, 0) is 0 Å². The summed E-state index contributed by atoms with van der Waals surface area (Å²) < 4.78 is 21.3. The van der Waals surface area contributed by atoms with Crippen LogP contribution < -0.4 is 24.3 Å². The average molecular weight is 285 g/mol. The zero-order chi connectivity index (χ0) is 14.2. The number of carbonyl (C=O) groups is 1. The van der Waals surface area contributed by atoms with E-state index in [9.17, 15) is 4.79 Å². The molecule has 0 saturated carbocycles. The molecule has 6 heteroatoms. The fourth-order valence-corrected chi connectivity index (χ4v) is 2.33. The van der Waals surface area contributed by atoms with E-state index < -0.39 is 0 Å². The predicted molar refractivity (Wildman–Crippen MR) is 73.1 cm³/mol. The smallest absolute Gasteiger partial charge is 0.259 e. The molecule has 0 bridgehead atoms. The number of benzene rings is 2. The molecule has 1 N–H and O–H groups in total. The van der Waals surface area contributed by atoms with Crippen LogP contribution in [-0.4, -0.2) is 19.5 Å². The largest absolute Gasteiger partial charge is 0.454 e. The van der Waals surface area contributed by atoms with Crippen LogP contribution in [0.5, 0.6) is 23.0 Å². The zero-order valence-electron chi connectivity index (χ0n) is 10.9. The standard InChI is InChI=1S/C15H11NO5/c17-15(9-3-1-5-11-13(9)20-7-18-11)16-10-4-2-6-12-14(10)21-8-19-12/h1-6H,7-8H2,(H,16,17). The lowest BCUT2D eigenvalue weighted by Crippen LogP contribution is -2.13. The number of hydrogen-bond acceptors (Lipinski definition) is 5. The van der Waals surface area contributed by atoms with Gasteiger partial charge in [0.25, 0.3) is 5.91 Å². The molecular weight excluding hydrogens is 274 g/mol. The van der Waals surface area contributed by atoms with Crippen LogP contribution in [0.3, 0.4) is 0 Å². The van der Waals surface area contributed by atoms with Gasteiger partial charge in [0.2, 0.25) is 13.6 Å². The molecule has 21 heavy (non-hydrogen) atoms. The van der Waals surface area contributed by atoms with Crippen molar-refractivity contribution in [3.63, 3.8) is 0 Å². The number of ether oxygens (including phenoxy) is 4. The molecule has 0 unspecified atom stereocenters. The molecule has 2 aromatic carbocycles. The van der Waals surface area contributed by atoms with E-state index in [1.807, 2.05) is 0 Å². The predicted octanol–water partition coefficient (Wildman–Crippen LogP) is 2.40. The lowest BCUT2D eigenvalue weighted by molar-refractivity contribution is 0.102. The fourth-order valence-electron chi connectivity index (χ4n) is 2.33. The second kappa shape index (κ2) is 4.59. The minimum Gasteiger partial charge on any atom is -0.454 e. The average Bonchev–Trinajstić information content (AvgIpc) is 3.15. The molecule has 2 aliphatic rings. The minimum atomic E-state index is -0.291. The third-order valence-electron chi connectivity index (χ3n) is 3.29. The number of nitrogens with one attached hydrogen (secondary N) is 1. The Balaban J connectivity index is 1.66. The molecule has 6 nitrogen and oxygen atoms in total. The second-order valence-electron chi connectivity index (χ2n) is 4.53. The van der Waals surface area contributed by atoms with Crippen LogP contribution in [0, 0.1) is 0 Å². The van der Waals surface area contributed by atoms with Crippen molar-refractivity contribution in [3.8, 4) is 23.0 Å². The van der Waals surface area contributed by atoms with Crippen LogP contribution in [0.15, 0.2) is 36.4 Å². The highest BCUT2D eigenvalue weighted by molar-refractivity contribution is 6.07. The Hall–Kier alpha value is -2.89. The normalized spacial score (nSPS) is 14.1. The van der Waals surface area contributed by atoms with Crippen LogP contribution in [0.1, 0.15) is 10.4 Å². The second-order valence-corrected chi connectivity index (χ2v) is 4.53. The van der Waals surface area contributed by atoms with Crippen molar-refractivity contribution in [2.45, 2.75) is 0 Å². The first kappa shape index (κ1) is 11.9. The Labute approximate surface area is 120 Å². The van der Waals surface area contributed by atoms with Gasteiger partial charge in [-0.1, -0.05) is 12.1 Å². The summed E-state index contributed by atoms with van der Waals surface area (Å²) >= 11 is 0. The topological polar surface area (TPSA) is 66.0 Å². The maximum atomic E-state index is 12.4. The maximum Gasteiger partial charge on any atom is 0.259 e. The van der Waals surface area contributed by atoms with E-state index in [-0.39, 0.29) is 19.5 Å². The Morgan fingerprint density at radius 1 is 0.857 bits per heavy atom. The lowest BCUT2D eigenvalue weighted by atomic mass is 10.1. The Morgan fingerprint density at radius 3 is 2.33 bits per heavy atom. The Morgan fingerprint density at radius 2 is 1.52 bits per heavy atom. The van der Waals surface area contributed by atoms with E-state index in [4.69, 9.17) is 18.9 Å². The van der Waals surface area contributed by atoms with Gasteiger partial charge in [-0.25, -0.2) is 0 Å². The van der Waals surface area contributed by atoms with Gasteiger partial charge in [0.15, 0.2) is 23.0 Å². The highest BCUT2D eigenvalue weighted by atomic mass is 16.7. The number of fused-ring (bicyclic) bond motifs is 2. The first-order valence-electron chi connectivity index (χ1n) is 6.41. The Kier molecular flexibility index (Phi) is 2.60. The molecule has 106 valence electrons. The first-order valence-corrected chi connectivity index (χ1v) is 6.41. The highest BCUT2D eigenvalue weighted by Gasteiger charge is 2.24. The molecule has 2 aliphatic heterocycles. The van der Waals surface area contributed by atoms with E-state index in [0.717, 1.165) is 0 Å². The zero-order valence-corrected chi connectivity index (χ0v) is 10.9. The van der Waals surface area contributed by atoms with Crippen molar-refractivity contribution >= 4 is 11.6 Å². The maximum absolute atomic E-state index is 12.4. The van der Waals surface area contributed by atoms with E-state index in [0.29, 0.717) is 34.2 Å². The summed E-state index contributed by atoms with van der Waals surface area (Å²) in [5.41, 5.74) is 0.980.